The maximum absolute atomic E-state index is 13.6. The van der Waals surface area contributed by atoms with Gasteiger partial charge in [0.2, 0.25) is 11.8 Å². The number of nitrogens with zero attached hydrogens (tertiary/aromatic N) is 3. The molecule has 1 N–H and O–H groups in total. The molecule has 0 saturated carbocycles. The van der Waals surface area contributed by atoms with Crippen molar-refractivity contribution in [2.75, 3.05) is 11.3 Å². The van der Waals surface area contributed by atoms with Crippen molar-refractivity contribution in [2.24, 2.45) is 0 Å². The van der Waals surface area contributed by atoms with Gasteiger partial charge in [-0.15, -0.1) is 0 Å². The highest BCUT2D eigenvalue weighted by atomic mass is 32.2. The Morgan fingerprint density at radius 2 is 1.66 bits per heavy atom. The van der Waals surface area contributed by atoms with E-state index in [0.29, 0.717) is 25.2 Å². The third-order valence-corrected chi connectivity index (χ3v) is 8.31. The molecular formula is C29H26N4O4S. The number of aryl methyl sites for hydroxylation is 2. The Morgan fingerprint density at radius 1 is 0.921 bits per heavy atom. The standard InChI is InChI=1S/C29H26N4O4S/c1-18-7-5-8-19(2)27(18)25-15-26-31-29(30-25)32-38(35,36)24-12-6-11-21(14-24)28(34)33-16-22-10-4-3-9-20(22)13-23(17-33)37-26/h3-12,14-15,23H,13,16-17H2,1-2H3,(H,30,31,32). The van der Waals surface area contributed by atoms with Gasteiger partial charge in [-0.1, -0.05) is 48.5 Å². The lowest BCUT2D eigenvalue weighted by Gasteiger charge is -2.25. The Bertz CT molecular complexity index is 1670. The first-order valence-electron chi connectivity index (χ1n) is 12.4. The van der Waals surface area contributed by atoms with Crippen molar-refractivity contribution in [3.05, 3.63) is 101 Å². The maximum Gasteiger partial charge on any atom is 0.264 e. The number of carbonyl (C=O) groups is 1. The molecule has 8 nitrogen and oxygen atoms in total. The van der Waals surface area contributed by atoms with Gasteiger partial charge in [0.15, 0.2) is 0 Å². The van der Waals surface area contributed by atoms with Gasteiger partial charge in [0.25, 0.3) is 15.9 Å². The van der Waals surface area contributed by atoms with Crippen LogP contribution in [0.15, 0.2) is 77.7 Å². The zero-order valence-corrected chi connectivity index (χ0v) is 21.8. The second-order valence-electron chi connectivity index (χ2n) is 9.71. The van der Waals surface area contributed by atoms with E-state index in [9.17, 15) is 13.2 Å². The molecule has 9 heteroatoms. The second kappa shape index (κ2) is 9.25. The van der Waals surface area contributed by atoms with Crippen LogP contribution >= 0.6 is 0 Å². The lowest BCUT2D eigenvalue weighted by atomic mass is 10.00. The van der Waals surface area contributed by atoms with E-state index in [1.165, 1.54) is 12.1 Å². The number of amides is 1. The number of nitrogens with one attached hydrogen (secondary N) is 1. The fourth-order valence-electron chi connectivity index (χ4n) is 5.18. The molecule has 0 saturated heterocycles. The fourth-order valence-corrected chi connectivity index (χ4v) is 6.17. The lowest BCUT2D eigenvalue weighted by molar-refractivity contribution is 0.0652. The molecule has 1 aromatic heterocycles. The van der Waals surface area contributed by atoms with Gasteiger partial charge in [-0.2, -0.15) is 4.98 Å². The summed E-state index contributed by atoms with van der Waals surface area (Å²) in [4.78, 5) is 24.3. The molecule has 0 spiro atoms. The number of aromatic nitrogens is 2. The zero-order valence-electron chi connectivity index (χ0n) is 21.0. The first kappa shape index (κ1) is 24.1. The van der Waals surface area contributed by atoms with Crippen LogP contribution in [0.4, 0.5) is 5.95 Å². The van der Waals surface area contributed by atoms with Crippen LogP contribution in [0.25, 0.3) is 11.3 Å². The summed E-state index contributed by atoms with van der Waals surface area (Å²) in [5.41, 5.74) is 5.84. The van der Waals surface area contributed by atoms with E-state index in [4.69, 9.17) is 4.74 Å². The van der Waals surface area contributed by atoms with E-state index in [0.717, 1.165) is 27.8 Å². The van der Waals surface area contributed by atoms with Crippen LogP contribution in [0.2, 0.25) is 0 Å². The number of ether oxygens (including phenoxy) is 1. The van der Waals surface area contributed by atoms with Gasteiger partial charge >= 0.3 is 0 Å². The molecule has 1 atom stereocenters. The first-order chi connectivity index (χ1) is 18.3. The van der Waals surface area contributed by atoms with Crippen LogP contribution in [0.5, 0.6) is 5.88 Å². The topological polar surface area (TPSA) is 101 Å². The molecule has 6 rings (SSSR count). The highest BCUT2D eigenvalue weighted by Gasteiger charge is 2.29. The molecule has 1 unspecified atom stereocenters. The number of fused-ring (bicyclic) bond motifs is 7. The van der Waals surface area contributed by atoms with Gasteiger partial charge < -0.3 is 9.64 Å². The SMILES string of the molecule is Cc1cccc(C)c1-c1cc2nc(n1)NS(=O)(=O)c1cccc(c1)C(=O)N1Cc3ccccc3CC(C1)O2. The minimum atomic E-state index is -4.08. The van der Waals surface area contributed by atoms with Crippen LogP contribution in [0.1, 0.15) is 32.6 Å². The van der Waals surface area contributed by atoms with Gasteiger partial charge in [0, 0.05) is 30.2 Å². The molecule has 6 bridgehead atoms. The minimum absolute atomic E-state index is 0.0436. The number of carbonyl (C=O) groups excluding carboxylic acids is 1. The average molecular weight is 527 g/mol. The molecule has 38 heavy (non-hydrogen) atoms. The number of benzene rings is 3. The van der Waals surface area contributed by atoms with Crippen LogP contribution in [0, 0.1) is 13.8 Å². The highest BCUT2D eigenvalue weighted by Crippen LogP contribution is 2.31. The minimum Gasteiger partial charge on any atom is -0.472 e. The Hall–Kier alpha value is -4.24. The summed E-state index contributed by atoms with van der Waals surface area (Å²) < 4.78 is 35.6. The predicted molar refractivity (Wildman–Crippen MR) is 143 cm³/mol. The second-order valence-corrected chi connectivity index (χ2v) is 11.4. The summed E-state index contributed by atoms with van der Waals surface area (Å²) >= 11 is 0. The molecule has 2 aliphatic rings. The summed E-state index contributed by atoms with van der Waals surface area (Å²) in [5.74, 6) is -0.124. The van der Waals surface area contributed by atoms with E-state index in [1.807, 2.05) is 56.3 Å². The van der Waals surface area contributed by atoms with Crippen molar-refractivity contribution >= 4 is 21.9 Å². The van der Waals surface area contributed by atoms with Crippen molar-refractivity contribution in [3.8, 4) is 17.1 Å². The van der Waals surface area contributed by atoms with Gasteiger partial charge in [0.1, 0.15) is 6.10 Å². The van der Waals surface area contributed by atoms with Crippen LogP contribution in [0.3, 0.4) is 0 Å². The molecule has 2 aliphatic heterocycles. The smallest absolute Gasteiger partial charge is 0.264 e. The van der Waals surface area contributed by atoms with Crippen molar-refractivity contribution in [3.63, 3.8) is 0 Å². The normalized spacial score (nSPS) is 18.0. The van der Waals surface area contributed by atoms with E-state index in [2.05, 4.69) is 14.7 Å². The summed E-state index contributed by atoms with van der Waals surface area (Å²) in [6.45, 7) is 4.67. The number of hydrogen-bond donors (Lipinski definition) is 1. The first-order valence-corrected chi connectivity index (χ1v) is 13.9. The summed E-state index contributed by atoms with van der Waals surface area (Å²) in [5, 5.41) is 0. The molecule has 4 aromatic rings. The molecule has 0 fully saturated rings. The Morgan fingerprint density at radius 3 is 2.45 bits per heavy atom. The Balaban J connectivity index is 1.55. The fraction of sp³-hybridized carbons (Fsp3) is 0.207. The van der Waals surface area contributed by atoms with E-state index >= 15 is 0 Å². The van der Waals surface area contributed by atoms with Crippen LogP contribution in [-0.2, 0) is 23.0 Å². The zero-order chi connectivity index (χ0) is 26.4. The van der Waals surface area contributed by atoms with Crippen LogP contribution in [-0.4, -0.2) is 41.8 Å². The lowest BCUT2D eigenvalue weighted by Crippen LogP contribution is -2.38. The molecule has 0 radical (unpaired) electrons. The summed E-state index contributed by atoms with van der Waals surface area (Å²) in [6, 6.07) is 21.7. The van der Waals surface area contributed by atoms with E-state index < -0.39 is 16.1 Å². The van der Waals surface area contributed by atoms with Gasteiger partial charge in [-0.05, 0) is 54.3 Å². The van der Waals surface area contributed by atoms with Gasteiger partial charge in [0.05, 0.1) is 17.1 Å². The molecule has 3 aromatic carbocycles. The third-order valence-electron chi connectivity index (χ3n) is 6.98. The van der Waals surface area contributed by atoms with Crippen molar-refractivity contribution in [2.45, 2.75) is 37.8 Å². The van der Waals surface area contributed by atoms with Crippen molar-refractivity contribution in [1.29, 1.82) is 0 Å². The average Bonchev–Trinajstić information content (AvgIpc) is 3.06. The molecule has 1 amide bonds. The number of rotatable bonds is 1. The molecule has 192 valence electrons. The largest absolute Gasteiger partial charge is 0.472 e. The summed E-state index contributed by atoms with van der Waals surface area (Å²) in [7, 11) is -4.08. The third kappa shape index (κ3) is 4.50. The van der Waals surface area contributed by atoms with Crippen molar-refractivity contribution in [1.82, 2.24) is 14.9 Å². The molecular weight excluding hydrogens is 500 g/mol. The molecule has 3 heterocycles. The maximum atomic E-state index is 13.6. The van der Waals surface area contributed by atoms with Crippen molar-refractivity contribution < 1.29 is 17.9 Å². The van der Waals surface area contributed by atoms with Gasteiger partial charge in [-0.25, -0.2) is 18.1 Å². The highest BCUT2D eigenvalue weighted by molar-refractivity contribution is 7.92. The Labute approximate surface area is 221 Å². The summed E-state index contributed by atoms with van der Waals surface area (Å²) in [6.07, 6.45) is 0.167. The number of hydrogen-bond acceptors (Lipinski definition) is 6. The van der Waals surface area contributed by atoms with E-state index in [1.54, 1.807) is 23.1 Å². The van der Waals surface area contributed by atoms with E-state index in [-0.39, 0.29) is 28.2 Å². The van der Waals surface area contributed by atoms with Crippen LogP contribution < -0.4 is 9.46 Å². The number of anilines is 1. The number of sulfonamides is 1. The Kier molecular flexibility index (Phi) is 5.87. The predicted octanol–water partition coefficient (Wildman–Crippen LogP) is 4.52. The molecule has 0 aliphatic carbocycles. The quantitative estimate of drug-likeness (QED) is 0.391. The monoisotopic (exact) mass is 526 g/mol. The van der Waals surface area contributed by atoms with Gasteiger partial charge in [-0.3, -0.25) is 4.79 Å².